The zero-order valence-corrected chi connectivity index (χ0v) is 13.8. The van der Waals surface area contributed by atoms with E-state index in [2.05, 4.69) is 47.8 Å². The van der Waals surface area contributed by atoms with E-state index in [1.54, 1.807) is 6.20 Å². The SMILES string of the molecule is Cc1cc(Oc2ncc(N)c(C)c2Br)ccc1C(C)C. The molecule has 0 spiro atoms. The molecule has 20 heavy (non-hydrogen) atoms. The number of pyridine rings is 1. The Morgan fingerprint density at radius 3 is 2.55 bits per heavy atom. The van der Waals surface area contributed by atoms with Crippen LogP contribution in [-0.2, 0) is 0 Å². The number of benzene rings is 1. The largest absolute Gasteiger partial charge is 0.438 e. The lowest BCUT2D eigenvalue weighted by Crippen LogP contribution is -1.97. The van der Waals surface area contributed by atoms with Crippen molar-refractivity contribution in [2.45, 2.75) is 33.6 Å². The Labute approximate surface area is 128 Å². The van der Waals surface area contributed by atoms with Crippen LogP contribution in [0.4, 0.5) is 5.69 Å². The molecule has 0 radical (unpaired) electrons. The first-order valence-corrected chi connectivity index (χ1v) is 7.38. The summed E-state index contributed by atoms with van der Waals surface area (Å²) < 4.78 is 6.64. The summed E-state index contributed by atoms with van der Waals surface area (Å²) in [5.74, 6) is 1.82. The molecule has 0 saturated carbocycles. The third kappa shape index (κ3) is 2.96. The summed E-state index contributed by atoms with van der Waals surface area (Å²) in [6, 6.07) is 6.12. The van der Waals surface area contributed by atoms with Gasteiger partial charge >= 0.3 is 0 Å². The number of nitrogens with zero attached hydrogens (tertiary/aromatic N) is 1. The number of nitrogens with two attached hydrogens (primary N) is 1. The Bertz CT molecular complexity index is 639. The molecule has 3 nitrogen and oxygen atoms in total. The van der Waals surface area contributed by atoms with E-state index in [0.717, 1.165) is 15.8 Å². The van der Waals surface area contributed by atoms with Gasteiger partial charge in [0.05, 0.1) is 16.4 Å². The van der Waals surface area contributed by atoms with Crippen LogP contribution in [0.25, 0.3) is 0 Å². The summed E-state index contributed by atoms with van der Waals surface area (Å²) in [4.78, 5) is 4.23. The maximum atomic E-state index is 5.85. The first-order valence-electron chi connectivity index (χ1n) is 6.59. The average Bonchev–Trinajstić information content (AvgIpc) is 2.39. The fourth-order valence-corrected chi connectivity index (χ4v) is 2.52. The molecule has 0 fully saturated rings. The van der Waals surface area contributed by atoms with Gasteiger partial charge < -0.3 is 10.5 Å². The Balaban J connectivity index is 2.31. The van der Waals surface area contributed by atoms with E-state index in [4.69, 9.17) is 10.5 Å². The number of nitrogen functional groups attached to an aromatic ring is 1. The monoisotopic (exact) mass is 334 g/mol. The summed E-state index contributed by atoms with van der Waals surface area (Å²) in [5, 5.41) is 0. The second-order valence-corrected chi connectivity index (χ2v) is 6.03. The van der Waals surface area contributed by atoms with Gasteiger partial charge in [-0.25, -0.2) is 4.98 Å². The molecule has 0 saturated heterocycles. The number of rotatable bonds is 3. The average molecular weight is 335 g/mol. The third-order valence-electron chi connectivity index (χ3n) is 3.35. The summed E-state index contributed by atoms with van der Waals surface area (Å²) in [7, 11) is 0. The van der Waals surface area contributed by atoms with Crippen LogP contribution < -0.4 is 10.5 Å². The molecule has 2 rings (SSSR count). The maximum absolute atomic E-state index is 5.85. The molecule has 0 unspecified atom stereocenters. The highest BCUT2D eigenvalue weighted by atomic mass is 79.9. The van der Waals surface area contributed by atoms with Gasteiger partial charge in [-0.15, -0.1) is 0 Å². The molecule has 4 heteroatoms. The topological polar surface area (TPSA) is 48.1 Å². The summed E-state index contributed by atoms with van der Waals surface area (Å²) >= 11 is 3.48. The maximum Gasteiger partial charge on any atom is 0.233 e. The van der Waals surface area contributed by atoms with Crippen LogP contribution in [-0.4, -0.2) is 4.98 Å². The van der Waals surface area contributed by atoms with Gasteiger partial charge in [-0.05, 0) is 64.5 Å². The van der Waals surface area contributed by atoms with E-state index >= 15 is 0 Å². The quantitative estimate of drug-likeness (QED) is 0.862. The van der Waals surface area contributed by atoms with E-state index in [1.165, 1.54) is 11.1 Å². The van der Waals surface area contributed by atoms with Crippen molar-refractivity contribution in [1.29, 1.82) is 0 Å². The van der Waals surface area contributed by atoms with Crippen molar-refractivity contribution in [3.63, 3.8) is 0 Å². The highest BCUT2D eigenvalue weighted by molar-refractivity contribution is 9.10. The second kappa shape index (κ2) is 5.83. The fraction of sp³-hybridized carbons (Fsp3) is 0.312. The van der Waals surface area contributed by atoms with Crippen molar-refractivity contribution in [2.75, 3.05) is 5.73 Å². The first kappa shape index (κ1) is 14.9. The van der Waals surface area contributed by atoms with Crippen LogP contribution in [0, 0.1) is 13.8 Å². The molecule has 0 bridgehead atoms. The molecular formula is C16H19BrN2O. The minimum absolute atomic E-state index is 0.507. The normalized spacial score (nSPS) is 10.9. The van der Waals surface area contributed by atoms with E-state index in [-0.39, 0.29) is 0 Å². The molecule has 2 aromatic rings. The number of anilines is 1. The zero-order valence-electron chi connectivity index (χ0n) is 12.2. The van der Waals surface area contributed by atoms with Crippen molar-refractivity contribution in [1.82, 2.24) is 4.98 Å². The number of aromatic nitrogens is 1. The molecule has 2 N–H and O–H groups in total. The molecule has 0 amide bonds. The van der Waals surface area contributed by atoms with Crippen LogP contribution in [0.5, 0.6) is 11.6 Å². The van der Waals surface area contributed by atoms with Gasteiger partial charge in [0.1, 0.15) is 5.75 Å². The molecule has 106 valence electrons. The van der Waals surface area contributed by atoms with Crippen molar-refractivity contribution in [2.24, 2.45) is 0 Å². The van der Waals surface area contributed by atoms with Gasteiger partial charge in [-0.3, -0.25) is 0 Å². The molecule has 0 aliphatic heterocycles. The second-order valence-electron chi connectivity index (χ2n) is 5.23. The Hall–Kier alpha value is -1.55. The van der Waals surface area contributed by atoms with E-state index in [1.807, 2.05) is 19.1 Å². The van der Waals surface area contributed by atoms with Gasteiger partial charge in [0.25, 0.3) is 0 Å². The molecular weight excluding hydrogens is 316 g/mol. The molecule has 1 aromatic heterocycles. The smallest absolute Gasteiger partial charge is 0.233 e. The molecule has 1 aromatic carbocycles. The summed E-state index contributed by atoms with van der Waals surface area (Å²) in [6.45, 7) is 8.40. The van der Waals surface area contributed by atoms with Gasteiger partial charge in [-0.1, -0.05) is 19.9 Å². The van der Waals surface area contributed by atoms with Gasteiger partial charge in [0.2, 0.25) is 5.88 Å². The first-order chi connectivity index (χ1) is 9.40. The fourth-order valence-electron chi connectivity index (χ4n) is 2.11. The van der Waals surface area contributed by atoms with E-state index in [0.29, 0.717) is 17.5 Å². The number of hydrogen-bond donors (Lipinski definition) is 1. The van der Waals surface area contributed by atoms with Crippen LogP contribution >= 0.6 is 15.9 Å². The standard InChI is InChI=1S/C16H19BrN2O/c1-9(2)13-6-5-12(7-10(13)3)20-16-15(17)11(4)14(18)8-19-16/h5-9H,18H2,1-4H3. The zero-order chi connectivity index (χ0) is 14.9. The minimum Gasteiger partial charge on any atom is -0.438 e. The molecule has 1 heterocycles. The van der Waals surface area contributed by atoms with Crippen molar-refractivity contribution < 1.29 is 4.74 Å². The van der Waals surface area contributed by atoms with E-state index in [9.17, 15) is 0 Å². The third-order valence-corrected chi connectivity index (χ3v) is 4.28. The van der Waals surface area contributed by atoms with Gasteiger partial charge in [0, 0.05) is 0 Å². The Morgan fingerprint density at radius 2 is 1.95 bits per heavy atom. The van der Waals surface area contributed by atoms with Crippen LogP contribution in [0.3, 0.4) is 0 Å². The lowest BCUT2D eigenvalue weighted by atomic mass is 9.98. The van der Waals surface area contributed by atoms with Crippen molar-refractivity contribution >= 4 is 21.6 Å². The molecule has 0 aliphatic carbocycles. The van der Waals surface area contributed by atoms with Crippen molar-refractivity contribution in [3.05, 3.63) is 45.6 Å². The van der Waals surface area contributed by atoms with E-state index < -0.39 is 0 Å². The van der Waals surface area contributed by atoms with Crippen LogP contribution in [0.15, 0.2) is 28.9 Å². The lowest BCUT2D eigenvalue weighted by molar-refractivity contribution is 0.458. The highest BCUT2D eigenvalue weighted by Crippen LogP contribution is 2.33. The van der Waals surface area contributed by atoms with Crippen LogP contribution in [0.1, 0.15) is 36.5 Å². The molecule has 0 atom stereocenters. The number of ether oxygens (including phenoxy) is 1. The molecule has 0 aliphatic rings. The van der Waals surface area contributed by atoms with Crippen LogP contribution in [0.2, 0.25) is 0 Å². The minimum atomic E-state index is 0.507. The summed E-state index contributed by atoms with van der Waals surface area (Å²) in [5.41, 5.74) is 9.95. The van der Waals surface area contributed by atoms with Gasteiger partial charge in [0.15, 0.2) is 0 Å². The highest BCUT2D eigenvalue weighted by Gasteiger charge is 2.11. The lowest BCUT2D eigenvalue weighted by Gasteiger charge is -2.13. The Morgan fingerprint density at radius 1 is 1.25 bits per heavy atom. The number of hydrogen-bond acceptors (Lipinski definition) is 3. The van der Waals surface area contributed by atoms with Crippen molar-refractivity contribution in [3.8, 4) is 11.6 Å². The number of aryl methyl sites for hydroxylation is 1. The summed E-state index contributed by atoms with van der Waals surface area (Å²) in [6.07, 6.45) is 1.62. The number of halogens is 1. The van der Waals surface area contributed by atoms with Gasteiger partial charge in [-0.2, -0.15) is 0 Å². The predicted octanol–water partition coefficient (Wildman–Crippen LogP) is 4.96. The Kier molecular flexibility index (Phi) is 4.33. The predicted molar refractivity (Wildman–Crippen MR) is 86.4 cm³/mol.